The molecule has 0 bridgehead atoms. The fourth-order valence-electron chi connectivity index (χ4n) is 2.56. The average Bonchev–Trinajstić information content (AvgIpc) is 2.64. The van der Waals surface area contributed by atoms with Crippen molar-refractivity contribution in [2.45, 2.75) is 39.7 Å². The zero-order valence-corrected chi connectivity index (χ0v) is 15.2. The molecule has 0 fully saturated rings. The second-order valence-corrected chi connectivity index (χ2v) is 5.95. The number of carbonyl (C=O) groups is 1. The molecule has 1 amide bonds. The van der Waals surface area contributed by atoms with Gasteiger partial charge in [-0.25, -0.2) is 9.59 Å². The predicted molar refractivity (Wildman–Crippen MR) is 99.2 cm³/mol. The summed E-state index contributed by atoms with van der Waals surface area (Å²) in [4.78, 5) is 26.0. The van der Waals surface area contributed by atoms with E-state index in [0.29, 0.717) is 17.9 Å². The normalized spacial score (nSPS) is 10.1. The quantitative estimate of drug-likeness (QED) is 0.445. The van der Waals surface area contributed by atoms with Crippen molar-refractivity contribution < 1.29 is 18.9 Å². The Morgan fingerprint density at radius 3 is 2.92 bits per heavy atom. The van der Waals surface area contributed by atoms with Gasteiger partial charge in [-0.15, -0.1) is 0 Å². The van der Waals surface area contributed by atoms with Gasteiger partial charge in [0.2, 0.25) is 6.08 Å². The molecule has 2 rings (SSSR count). The summed E-state index contributed by atoms with van der Waals surface area (Å²) in [7, 11) is 0. The Kier molecular flexibility index (Phi) is 7.52. The average molecular weight is 354 g/mol. The number of anilines is 1. The Labute approximate surface area is 153 Å². The minimum atomic E-state index is -0.540. The Morgan fingerprint density at radius 2 is 2.15 bits per heavy atom. The van der Waals surface area contributed by atoms with E-state index in [9.17, 15) is 9.59 Å². The summed E-state index contributed by atoms with van der Waals surface area (Å²) >= 11 is 0. The van der Waals surface area contributed by atoms with E-state index in [4.69, 9.17) is 4.74 Å². The number of nitrogens with zero attached hydrogens (tertiary/aromatic N) is 2. The molecule has 0 aliphatic rings. The van der Waals surface area contributed by atoms with Gasteiger partial charge >= 0.3 is 6.09 Å². The lowest BCUT2D eigenvalue weighted by Crippen LogP contribution is -2.40. The highest BCUT2D eigenvalue weighted by molar-refractivity contribution is 5.85. The van der Waals surface area contributed by atoms with Gasteiger partial charge in [-0.3, -0.25) is 5.32 Å². The van der Waals surface area contributed by atoms with Crippen LogP contribution in [0.5, 0.6) is 0 Å². The maximum Gasteiger partial charge on any atom is 0.411 e. The molecule has 0 saturated heterocycles. The van der Waals surface area contributed by atoms with Crippen LogP contribution in [0.25, 0.3) is 0 Å². The number of amides is 1. The largest absolute Gasteiger partial charge is 0.443 e. The van der Waals surface area contributed by atoms with Crippen LogP contribution in [0.15, 0.2) is 47.6 Å². The van der Waals surface area contributed by atoms with Crippen LogP contribution in [0.1, 0.15) is 31.0 Å². The number of rotatable bonds is 8. The summed E-state index contributed by atoms with van der Waals surface area (Å²) in [6, 6.07) is 11.2. The third-order valence-electron chi connectivity index (χ3n) is 4.01. The van der Waals surface area contributed by atoms with Crippen molar-refractivity contribution in [3.63, 3.8) is 0 Å². The maximum absolute atomic E-state index is 12.0. The van der Waals surface area contributed by atoms with Gasteiger partial charge in [0.25, 0.3) is 0 Å². The van der Waals surface area contributed by atoms with Crippen molar-refractivity contribution in [2.75, 3.05) is 11.9 Å². The number of unbranched alkanes of at least 4 members (excludes halogenated alkanes) is 1. The van der Waals surface area contributed by atoms with Crippen molar-refractivity contribution in [1.29, 1.82) is 0 Å². The van der Waals surface area contributed by atoms with Gasteiger partial charge in [0, 0.05) is 24.2 Å². The topological polar surface area (TPSA) is 71.6 Å². The highest BCUT2D eigenvalue weighted by atomic mass is 16.5. The van der Waals surface area contributed by atoms with E-state index in [0.717, 1.165) is 24.8 Å². The summed E-state index contributed by atoms with van der Waals surface area (Å²) < 4.78 is 7.36. The van der Waals surface area contributed by atoms with Crippen molar-refractivity contribution in [3.05, 3.63) is 53.9 Å². The van der Waals surface area contributed by atoms with Crippen LogP contribution in [-0.2, 0) is 22.5 Å². The number of hydrogen-bond donors (Lipinski definition) is 1. The van der Waals surface area contributed by atoms with Crippen LogP contribution in [0.3, 0.4) is 0 Å². The molecule has 136 valence electrons. The zero-order valence-electron chi connectivity index (χ0n) is 15.2. The molecule has 0 spiro atoms. The molecule has 1 N–H and O–H groups in total. The van der Waals surface area contributed by atoms with E-state index >= 15 is 0 Å². The number of aliphatic imine (C=N–C) groups is 1. The maximum atomic E-state index is 12.0. The monoisotopic (exact) mass is 354 g/mol. The standard InChI is InChI=1S/C20H23N3O3/c1-3-4-7-18-8-5-6-11-23(18)12-13-26-20(25)22-17-10-9-16(2)19(14-17)21-15-24/h5-6,8-11,14H,3-4,7,12-13H2,1-2H3/p+1. The van der Waals surface area contributed by atoms with Gasteiger partial charge < -0.3 is 4.74 Å². The predicted octanol–water partition coefficient (Wildman–Crippen LogP) is 3.84. The van der Waals surface area contributed by atoms with Crippen LogP contribution < -0.4 is 9.88 Å². The Hall–Kier alpha value is -2.98. The number of ether oxygens (including phenoxy) is 1. The number of aromatic nitrogens is 1. The molecule has 6 heteroatoms. The molecule has 1 aromatic heterocycles. The molecular formula is C20H24N3O3+. The van der Waals surface area contributed by atoms with Gasteiger partial charge in [0.15, 0.2) is 25.0 Å². The summed E-state index contributed by atoms with van der Waals surface area (Å²) in [5, 5.41) is 2.64. The first-order valence-electron chi connectivity index (χ1n) is 8.73. The second-order valence-electron chi connectivity index (χ2n) is 5.95. The summed E-state index contributed by atoms with van der Waals surface area (Å²) in [5.41, 5.74) is 3.05. The van der Waals surface area contributed by atoms with Gasteiger partial charge in [-0.2, -0.15) is 9.56 Å². The smallest absolute Gasteiger partial charge is 0.411 e. The molecule has 6 nitrogen and oxygen atoms in total. The third-order valence-corrected chi connectivity index (χ3v) is 4.01. The van der Waals surface area contributed by atoms with Gasteiger partial charge in [-0.1, -0.05) is 25.5 Å². The van der Waals surface area contributed by atoms with Crippen LogP contribution >= 0.6 is 0 Å². The number of pyridine rings is 1. The molecule has 0 atom stereocenters. The van der Waals surface area contributed by atoms with Crippen molar-refractivity contribution in [2.24, 2.45) is 4.99 Å². The molecule has 2 aromatic rings. The third kappa shape index (κ3) is 5.83. The molecule has 0 unspecified atom stereocenters. The molecule has 1 heterocycles. The Bertz CT molecular complexity index is 799. The Morgan fingerprint density at radius 1 is 1.31 bits per heavy atom. The minimum Gasteiger partial charge on any atom is -0.443 e. The SMILES string of the molecule is CCCCc1cccc[n+]1CCOC(=O)Nc1ccc(C)c(N=C=O)c1. The fraction of sp³-hybridized carbons (Fsp3) is 0.350. The molecule has 0 saturated carbocycles. The molecule has 0 aliphatic heterocycles. The van der Waals surface area contributed by atoms with E-state index < -0.39 is 6.09 Å². The van der Waals surface area contributed by atoms with Crippen molar-refractivity contribution in [1.82, 2.24) is 0 Å². The molecule has 1 aromatic carbocycles. The lowest BCUT2D eigenvalue weighted by atomic mass is 10.2. The fourth-order valence-corrected chi connectivity index (χ4v) is 2.56. The van der Waals surface area contributed by atoms with Crippen LogP contribution in [0.2, 0.25) is 0 Å². The van der Waals surface area contributed by atoms with E-state index in [1.807, 2.05) is 25.3 Å². The first-order chi connectivity index (χ1) is 12.6. The summed E-state index contributed by atoms with van der Waals surface area (Å²) in [5.74, 6) is 0. The lowest BCUT2D eigenvalue weighted by Gasteiger charge is -2.08. The number of hydrogen-bond acceptors (Lipinski definition) is 4. The number of aryl methyl sites for hydroxylation is 2. The first kappa shape index (κ1) is 19.3. The van der Waals surface area contributed by atoms with E-state index in [1.54, 1.807) is 18.2 Å². The highest BCUT2D eigenvalue weighted by Gasteiger charge is 2.11. The van der Waals surface area contributed by atoms with E-state index in [-0.39, 0.29) is 6.61 Å². The lowest BCUT2D eigenvalue weighted by molar-refractivity contribution is -0.705. The van der Waals surface area contributed by atoms with Crippen LogP contribution in [0, 0.1) is 6.92 Å². The molecule has 0 aliphatic carbocycles. The van der Waals surface area contributed by atoms with E-state index in [2.05, 4.69) is 27.9 Å². The van der Waals surface area contributed by atoms with Crippen molar-refractivity contribution >= 4 is 23.5 Å². The van der Waals surface area contributed by atoms with Gasteiger partial charge in [-0.05, 0) is 31.0 Å². The number of isocyanates is 1. The molecule has 0 radical (unpaired) electrons. The zero-order chi connectivity index (χ0) is 18.8. The summed E-state index contributed by atoms with van der Waals surface area (Å²) in [6.45, 7) is 4.86. The number of carbonyl (C=O) groups excluding carboxylic acids is 2. The van der Waals surface area contributed by atoms with Crippen molar-refractivity contribution in [3.8, 4) is 0 Å². The van der Waals surface area contributed by atoms with Crippen LogP contribution in [-0.4, -0.2) is 18.8 Å². The highest BCUT2D eigenvalue weighted by Crippen LogP contribution is 2.22. The van der Waals surface area contributed by atoms with Crippen LogP contribution in [0.4, 0.5) is 16.2 Å². The summed E-state index contributed by atoms with van der Waals surface area (Å²) in [6.07, 6.45) is 6.24. The van der Waals surface area contributed by atoms with Gasteiger partial charge in [0.1, 0.15) is 0 Å². The number of benzene rings is 1. The van der Waals surface area contributed by atoms with Gasteiger partial charge in [0.05, 0.1) is 5.69 Å². The Balaban J connectivity index is 1.88. The molecule has 26 heavy (non-hydrogen) atoms. The molecular weight excluding hydrogens is 330 g/mol. The minimum absolute atomic E-state index is 0.269. The second kappa shape index (κ2) is 10.1. The van der Waals surface area contributed by atoms with E-state index in [1.165, 1.54) is 11.8 Å². The number of nitrogens with one attached hydrogen (secondary N) is 1. The first-order valence-corrected chi connectivity index (χ1v) is 8.73.